The maximum atomic E-state index is 12.7. The quantitative estimate of drug-likeness (QED) is 0.230. The second kappa shape index (κ2) is 9.19. The third kappa shape index (κ3) is 4.83. The van der Waals surface area contributed by atoms with Crippen LogP contribution in [-0.4, -0.2) is 70.1 Å². The van der Waals surface area contributed by atoms with Gasteiger partial charge in [0.25, 0.3) is 5.91 Å². The number of carbonyl (C=O) groups is 3. The first-order valence-electron chi connectivity index (χ1n) is 9.91. The van der Waals surface area contributed by atoms with Crippen molar-refractivity contribution in [1.29, 1.82) is 0 Å². The number of hydrogen-bond donors (Lipinski definition) is 3. The molecular weight excluding hydrogens is 450 g/mol. The smallest absolute Gasteiger partial charge is 0.328 e. The third-order valence-corrected chi connectivity index (χ3v) is 7.72. The number of nitrogens with zero attached hydrogens (tertiary/aromatic N) is 2. The fourth-order valence-electron chi connectivity index (χ4n) is 3.38. The highest BCUT2D eigenvalue weighted by molar-refractivity contribution is 7.92. The molecule has 1 aromatic heterocycles. The molecule has 0 spiro atoms. The van der Waals surface area contributed by atoms with E-state index in [9.17, 15) is 22.8 Å². The average Bonchev–Trinajstić information content (AvgIpc) is 3.32. The van der Waals surface area contributed by atoms with Gasteiger partial charge in [-0.25, -0.2) is 18.7 Å². The monoisotopic (exact) mass is 473 g/mol. The van der Waals surface area contributed by atoms with Crippen LogP contribution in [0.15, 0.2) is 36.5 Å². The van der Waals surface area contributed by atoms with Crippen LogP contribution in [0.25, 0.3) is 0 Å². The SMILES string of the molecule is CC(CCN1Cc2cc(C#Cc3ccc(C(=O)CO)cc3)cn2C1=O)(C(=O)NO)S(C)(=O)=O. The molecule has 0 fully saturated rings. The van der Waals surface area contributed by atoms with Gasteiger partial charge in [-0.2, -0.15) is 0 Å². The van der Waals surface area contributed by atoms with Crippen molar-refractivity contribution in [2.45, 2.75) is 24.6 Å². The van der Waals surface area contributed by atoms with E-state index in [2.05, 4.69) is 11.8 Å². The van der Waals surface area contributed by atoms with Crippen molar-refractivity contribution in [2.24, 2.45) is 0 Å². The van der Waals surface area contributed by atoms with Crippen LogP contribution in [-0.2, 0) is 21.2 Å². The Morgan fingerprint density at radius 3 is 2.36 bits per heavy atom. The summed E-state index contributed by atoms with van der Waals surface area (Å²) in [7, 11) is -3.85. The number of hydroxylamine groups is 1. The molecule has 174 valence electrons. The molecule has 1 atom stereocenters. The maximum absolute atomic E-state index is 12.7. The Morgan fingerprint density at radius 2 is 1.82 bits per heavy atom. The molecule has 1 unspecified atom stereocenters. The summed E-state index contributed by atoms with van der Waals surface area (Å²) in [5.74, 6) is 4.46. The first kappa shape index (κ1) is 24.2. The minimum Gasteiger partial charge on any atom is -0.388 e. The van der Waals surface area contributed by atoms with Gasteiger partial charge in [-0.15, -0.1) is 0 Å². The van der Waals surface area contributed by atoms with E-state index in [1.807, 2.05) is 0 Å². The highest BCUT2D eigenvalue weighted by atomic mass is 32.2. The number of carbonyl (C=O) groups excluding carboxylic acids is 3. The predicted molar refractivity (Wildman–Crippen MR) is 117 cm³/mol. The van der Waals surface area contributed by atoms with E-state index >= 15 is 0 Å². The molecule has 1 aliphatic heterocycles. The van der Waals surface area contributed by atoms with Gasteiger partial charge in [0, 0.05) is 41.4 Å². The molecule has 1 aliphatic rings. The van der Waals surface area contributed by atoms with E-state index in [4.69, 9.17) is 10.3 Å². The number of hydrogen-bond acceptors (Lipinski definition) is 7. The molecule has 0 aliphatic carbocycles. The fourth-order valence-corrected chi connectivity index (χ4v) is 4.22. The molecule has 3 N–H and O–H groups in total. The lowest BCUT2D eigenvalue weighted by molar-refractivity contribution is -0.131. The molecule has 3 rings (SSSR count). The van der Waals surface area contributed by atoms with E-state index < -0.39 is 27.1 Å². The minimum atomic E-state index is -3.85. The normalized spacial score (nSPS) is 14.8. The van der Waals surface area contributed by atoms with Crippen molar-refractivity contribution in [3.05, 3.63) is 58.9 Å². The number of fused-ring (bicyclic) bond motifs is 1. The topological polar surface area (TPSA) is 146 Å². The van der Waals surface area contributed by atoms with Crippen LogP contribution >= 0.6 is 0 Å². The van der Waals surface area contributed by atoms with Crippen molar-refractivity contribution in [3.63, 3.8) is 0 Å². The van der Waals surface area contributed by atoms with E-state index in [1.54, 1.807) is 36.5 Å². The first-order valence-corrected chi connectivity index (χ1v) is 11.8. The van der Waals surface area contributed by atoms with Crippen LogP contribution < -0.4 is 5.48 Å². The summed E-state index contributed by atoms with van der Waals surface area (Å²) >= 11 is 0. The lowest BCUT2D eigenvalue weighted by atomic mass is 10.1. The number of benzene rings is 1. The summed E-state index contributed by atoms with van der Waals surface area (Å²) in [5, 5.41) is 17.8. The van der Waals surface area contributed by atoms with Crippen molar-refractivity contribution < 1.29 is 33.1 Å². The van der Waals surface area contributed by atoms with Gasteiger partial charge in [-0.1, -0.05) is 24.0 Å². The lowest BCUT2D eigenvalue weighted by Crippen LogP contribution is -2.50. The first-order chi connectivity index (χ1) is 15.5. The molecule has 0 bridgehead atoms. The molecule has 0 radical (unpaired) electrons. The predicted octanol–water partition coefficient (Wildman–Crippen LogP) is 0.545. The van der Waals surface area contributed by atoms with E-state index in [0.29, 0.717) is 22.4 Å². The van der Waals surface area contributed by atoms with Crippen LogP contribution in [0.1, 0.15) is 40.5 Å². The largest absolute Gasteiger partial charge is 0.388 e. The lowest BCUT2D eigenvalue weighted by Gasteiger charge is -2.27. The second-order valence-corrected chi connectivity index (χ2v) is 10.3. The van der Waals surface area contributed by atoms with Crippen LogP contribution in [0.3, 0.4) is 0 Å². The summed E-state index contributed by atoms with van der Waals surface area (Å²) in [5.41, 5.74) is 3.71. The zero-order valence-electron chi connectivity index (χ0n) is 18.0. The zero-order valence-corrected chi connectivity index (χ0v) is 18.8. The van der Waals surface area contributed by atoms with Crippen LogP contribution in [0.4, 0.5) is 4.79 Å². The van der Waals surface area contributed by atoms with Crippen molar-refractivity contribution in [1.82, 2.24) is 14.9 Å². The van der Waals surface area contributed by atoms with Gasteiger partial charge in [0.15, 0.2) is 20.4 Å². The molecular formula is C22H23N3O7S. The van der Waals surface area contributed by atoms with Crippen LogP contribution in [0, 0.1) is 11.8 Å². The van der Waals surface area contributed by atoms with E-state index in [1.165, 1.54) is 21.9 Å². The van der Waals surface area contributed by atoms with Gasteiger partial charge in [0.1, 0.15) is 6.61 Å². The standard InChI is InChI=1S/C22H23N3O7S/c1-22(20(28)23-30,33(2,31)32)9-10-24-13-18-11-16(12-25(18)21(24)29)4-3-15-5-7-17(8-6-15)19(27)14-26/h5-8,11-12,26,30H,9-10,13-14H2,1-2H3,(H,23,28). The summed E-state index contributed by atoms with van der Waals surface area (Å²) in [6.45, 7) is 0.861. The number of sulfone groups is 1. The van der Waals surface area contributed by atoms with Gasteiger partial charge < -0.3 is 10.0 Å². The van der Waals surface area contributed by atoms with E-state index in [-0.39, 0.29) is 31.3 Å². The van der Waals surface area contributed by atoms with Gasteiger partial charge in [-0.3, -0.25) is 19.4 Å². The molecule has 0 saturated carbocycles. The number of Topliss-reactive ketones (excluding diaryl/α,β-unsaturated/α-hetero) is 1. The number of aromatic nitrogens is 1. The number of amides is 2. The number of aliphatic hydroxyl groups is 1. The molecule has 2 heterocycles. The van der Waals surface area contributed by atoms with Crippen molar-refractivity contribution >= 4 is 27.6 Å². The van der Waals surface area contributed by atoms with Gasteiger partial charge in [-0.05, 0) is 31.5 Å². The average molecular weight is 474 g/mol. The minimum absolute atomic E-state index is 0.00256. The summed E-state index contributed by atoms with van der Waals surface area (Å²) in [4.78, 5) is 37.5. The summed E-state index contributed by atoms with van der Waals surface area (Å²) in [6, 6.07) is 7.84. The Balaban J connectivity index is 1.69. The number of aliphatic hydroxyl groups excluding tert-OH is 1. The molecule has 11 heteroatoms. The number of nitrogens with one attached hydrogen (secondary N) is 1. The van der Waals surface area contributed by atoms with Gasteiger partial charge in [0.2, 0.25) is 0 Å². The number of rotatable bonds is 7. The maximum Gasteiger partial charge on any atom is 0.328 e. The van der Waals surface area contributed by atoms with Gasteiger partial charge in [0.05, 0.1) is 6.54 Å². The van der Waals surface area contributed by atoms with Crippen molar-refractivity contribution in [3.8, 4) is 11.8 Å². The molecule has 1 aromatic carbocycles. The summed E-state index contributed by atoms with van der Waals surface area (Å²) < 4.78 is 23.7. The third-order valence-electron chi connectivity index (χ3n) is 5.69. The van der Waals surface area contributed by atoms with Gasteiger partial charge >= 0.3 is 6.03 Å². The van der Waals surface area contributed by atoms with Crippen LogP contribution in [0.5, 0.6) is 0 Å². The second-order valence-electron chi connectivity index (χ2n) is 7.90. The Morgan fingerprint density at radius 1 is 1.18 bits per heavy atom. The van der Waals surface area contributed by atoms with Crippen LogP contribution in [0.2, 0.25) is 0 Å². The fraction of sp³-hybridized carbons (Fsp3) is 0.318. The highest BCUT2D eigenvalue weighted by Gasteiger charge is 2.44. The number of ketones is 1. The Hall–Kier alpha value is -3.46. The Kier molecular flexibility index (Phi) is 6.73. The molecule has 2 amide bonds. The molecule has 0 saturated heterocycles. The Bertz CT molecular complexity index is 1270. The Labute approximate surface area is 190 Å². The van der Waals surface area contributed by atoms with Crippen molar-refractivity contribution in [2.75, 3.05) is 19.4 Å². The molecule has 2 aromatic rings. The highest BCUT2D eigenvalue weighted by Crippen LogP contribution is 2.25. The molecule has 10 nitrogen and oxygen atoms in total. The molecule has 33 heavy (non-hydrogen) atoms. The zero-order chi connectivity index (χ0) is 24.4. The van der Waals surface area contributed by atoms with E-state index in [0.717, 1.165) is 6.26 Å². The summed E-state index contributed by atoms with van der Waals surface area (Å²) in [6.07, 6.45) is 2.29.